The molecule has 1 heterocycles. The molecular formula is C20H17Cl2NO2S. The lowest BCUT2D eigenvalue weighted by molar-refractivity contribution is 0.103. The van der Waals surface area contributed by atoms with Gasteiger partial charge in [0.2, 0.25) is 0 Å². The molecule has 1 N–H and O–H groups in total. The van der Waals surface area contributed by atoms with E-state index >= 15 is 0 Å². The first-order valence-corrected chi connectivity index (χ1v) is 9.60. The van der Waals surface area contributed by atoms with E-state index < -0.39 is 0 Å². The summed E-state index contributed by atoms with van der Waals surface area (Å²) < 4.78 is 5.89. The average Bonchev–Trinajstić information content (AvgIpc) is 3.08. The van der Waals surface area contributed by atoms with E-state index in [0.717, 1.165) is 22.4 Å². The van der Waals surface area contributed by atoms with Crippen LogP contribution in [0.5, 0.6) is 5.75 Å². The largest absolute Gasteiger partial charge is 0.489 e. The molecule has 2 aromatic carbocycles. The van der Waals surface area contributed by atoms with Crippen LogP contribution in [0.4, 0.5) is 5.69 Å². The molecule has 0 saturated carbocycles. The van der Waals surface area contributed by atoms with Crippen LogP contribution in [-0.4, -0.2) is 5.91 Å². The van der Waals surface area contributed by atoms with Gasteiger partial charge in [-0.1, -0.05) is 41.4 Å². The summed E-state index contributed by atoms with van der Waals surface area (Å²) in [5, 5.41) is 5.48. The summed E-state index contributed by atoms with van der Waals surface area (Å²) >= 11 is 13.5. The van der Waals surface area contributed by atoms with Gasteiger partial charge in [0, 0.05) is 5.56 Å². The van der Waals surface area contributed by atoms with Crippen molar-refractivity contribution >= 4 is 46.1 Å². The van der Waals surface area contributed by atoms with Crippen molar-refractivity contribution in [1.82, 2.24) is 0 Å². The van der Waals surface area contributed by atoms with Crippen LogP contribution in [0.3, 0.4) is 0 Å². The summed E-state index contributed by atoms with van der Waals surface area (Å²) in [5.41, 5.74) is 3.58. The molecule has 26 heavy (non-hydrogen) atoms. The standard InChI is InChI=1S/C20H17Cl2NO2S/c1-12-6-7-13(2)17(8-12)25-10-14-9-18(26-11-14)20(24)23-19-15(21)4-3-5-16(19)22/h3-9,11H,10H2,1-2H3,(H,23,24). The van der Waals surface area contributed by atoms with Crippen molar-refractivity contribution in [2.24, 2.45) is 0 Å². The van der Waals surface area contributed by atoms with E-state index in [1.165, 1.54) is 11.3 Å². The zero-order valence-electron chi connectivity index (χ0n) is 14.3. The number of benzene rings is 2. The summed E-state index contributed by atoms with van der Waals surface area (Å²) in [6.07, 6.45) is 0. The van der Waals surface area contributed by atoms with Crippen molar-refractivity contribution in [3.63, 3.8) is 0 Å². The predicted octanol–water partition coefficient (Wildman–Crippen LogP) is 6.50. The van der Waals surface area contributed by atoms with E-state index in [-0.39, 0.29) is 5.91 Å². The van der Waals surface area contributed by atoms with Gasteiger partial charge in [0.25, 0.3) is 5.91 Å². The number of ether oxygens (including phenoxy) is 1. The highest BCUT2D eigenvalue weighted by Crippen LogP contribution is 2.31. The maximum absolute atomic E-state index is 12.4. The highest BCUT2D eigenvalue weighted by atomic mass is 35.5. The zero-order valence-corrected chi connectivity index (χ0v) is 16.6. The van der Waals surface area contributed by atoms with Crippen LogP contribution < -0.4 is 10.1 Å². The highest BCUT2D eigenvalue weighted by Gasteiger charge is 2.14. The second kappa shape index (κ2) is 8.12. The van der Waals surface area contributed by atoms with E-state index in [0.29, 0.717) is 27.2 Å². The molecule has 0 atom stereocenters. The second-order valence-electron chi connectivity index (χ2n) is 5.93. The molecule has 0 saturated heterocycles. The van der Waals surface area contributed by atoms with Gasteiger partial charge in [-0.25, -0.2) is 0 Å². The van der Waals surface area contributed by atoms with Gasteiger partial charge in [-0.2, -0.15) is 0 Å². The molecule has 6 heteroatoms. The molecule has 0 aliphatic carbocycles. The molecule has 3 rings (SSSR count). The number of aryl methyl sites for hydroxylation is 2. The van der Waals surface area contributed by atoms with Gasteiger partial charge in [-0.05, 0) is 54.6 Å². The Bertz CT molecular complexity index is 932. The number of para-hydroxylation sites is 1. The molecule has 3 aromatic rings. The number of carbonyl (C=O) groups is 1. The third-order valence-electron chi connectivity index (χ3n) is 3.82. The fourth-order valence-corrected chi connectivity index (χ4v) is 3.67. The van der Waals surface area contributed by atoms with Crippen LogP contribution in [0.2, 0.25) is 10.0 Å². The minimum Gasteiger partial charge on any atom is -0.489 e. The number of nitrogens with one attached hydrogen (secondary N) is 1. The van der Waals surface area contributed by atoms with E-state index in [9.17, 15) is 4.79 Å². The van der Waals surface area contributed by atoms with Crippen LogP contribution in [0, 0.1) is 13.8 Å². The molecule has 0 bridgehead atoms. The van der Waals surface area contributed by atoms with Gasteiger partial charge in [0.1, 0.15) is 12.4 Å². The van der Waals surface area contributed by atoms with Crippen LogP contribution in [0.1, 0.15) is 26.4 Å². The Balaban J connectivity index is 1.67. The zero-order chi connectivity index (χ0) is 18.7. The van der Waals surface area contributed by atoms with Crippen molar-refractivity contribution in [2.75, 3.05) is 5.32 Å². The van der Waals surface area contributed by atoms with E-state index in [1.54, 1.807) is 18.2 Å². The number of amides is 1. The molecule has 1 aromatic heterocycles. The Kier molecular flexibility index (Phi) is 5.87. The van der Waals surface area contributed by atoms with Gasteiger partial charge in [0.05, 0.1) is 20.6 Å². The van der Waals surface area contributed by atoms with Gasteiger partial charge >= 0.3 is 0 Å². The minimum absolute atomic E-state index is 0.247. The number of thiophene rings is 1. The molecule has 0 radical (unpaired) electrons. The second-order valence-corrected chi connectivity index (χ2v) is 7.65. The van der Waals surface area contributed by atoms with Gasteiger partial charge in [0.15, 0.2) is 0 Å². The van der Waals surface area contributed by atoms with Crippen molar-refractivity contribution in [3.05, 3.63) is 79.5 Å². The third-order valence-corrected chi connectivity index (χ3v) is 5.42. The number of hydrogen-bond acceptors (Lipinski definition) is 3. The Morgan fingerprint density at radius 3 is 2.58 bits per heavy atom. The normalized spacial score (nSPS) is 10.6. The fraction of sp³-hybridized carbons (Fsp3) is 0.150. The molecule has 1 amide bonds. The van der Waals surface area contributed by atoms with Gasteiger partial charge in [-0.3, -0.25) is 4.79 Å². The molecular weight excluding hydrogens is 389 g/mol. The first-order chi connectivity index (χ1) is 12.4. The van der Waals surface area contributed by atoms with Crippen molar-refractivity contribution in [1.29, 1.82) is 0 Å². The van der Waals surface area contributed by atoms with E-state index in [1.807, 2.05) is 37.4 Å². The van der Waals surface area contributed by atoms with Gasteiger partial charge < -0.3 is 10.1 Å². The summed E-state index contributed by atoms with van der Waals surface area (Å²) in [5.74, 6) is 0.605. The quantitative estimate of drug-likeness (QED) is 0.525. The molecule has 0 aliphatic heterocycles. The molecule has 3 nitrogen and oxygen atoms in total. The Labute approximate surface area is 166 Å². The highest BCUT2D eigenvalue weighted by molar-refractivity contribution is 7.12. The topological polar surface area (TPSA) is 38.3 Å². The lowest BCUT2D eigenvalue weighted by Crippen LogP contribution is -2.11. The minimum atomic E-state index is -0.247. The van der Waals surface area contributed by atoms with Crippen molar-refractivity contribution in [2.45, 2.75) is 20.5 Å². The monoisotopic (exact) mass is 405 g/mol. The summed E-state index contributed by atoms with van der Waals surface area (Å²) in [7, 11) is 0. The number of carbonyl (C=O) groups excluding carboxylic acids is 1. The SMILES string of the molecule is Cc1ccc(C)c(OCc2csc(C(=O)Nc3c(Cl)cccc3Cl)c2)c1. The first kappa shape index (κ1) is 18.8. The third kappa shape index (κ3) is 4.39. The first-order valence-electron chi connectivity index (χ1n) is 7.97. The van der Waals surface area contributed by atoms with Crippen LogP contribution in [-0.2, 0) is 6.61 Å². The van der Waals surface area contributed by atoms with Crippen molar-refractivity contribution < 1.29 is 9.53 Å². The van der Waals surface area contributed by atoms with Crippen molar-refractivity contribution in [3.8, 4) is 5.75 Å². The van der Waals surface area contributed by atoms with E-state index in [2.05, 4.69) is 11.4 Å². The van der Waals surface area contributed by atoms with Crippen LogP contribution >= 0.6 is 34.5 Å². The number of anilines is 1. The lowest BCUT2D eigenvalue weighted by Gasteiger charge is -2.09. The Morgan fingerprint density at radius 1 is 1.12 bits per heavy atom. The Morgan fingerprint density at radius 2 is 1.85 bits per heavy atom. The Hall–Kier alpha value is -2.01. The maximum Gasteiger partial charge on any atom is 0.265 e. The molecule has 0 spiro atoms. The smallest absolute Gasteiger partial charge is 0.265 e. The molecule has 134 valence electrons. The predicted molar refractivity (Wildman–Crippen MR) is 109 cm³/mol. The molecule has 0 unspecified atom stereocenters. The summed E-state index contributed by atoms with van der Waals surface area (Å²) in [6, 6.07) is 13.0. The number of halogens is 2. The molecule has 0 aliphatic rings. The van der Waals surface area contributed by atoms with E-state index in [4.69, 9.17) is 27.9 Å². The van der Waals surface area contributed by atoms with Gasteiger partial charge in [-0.15, -0.1) is 11.3 Å². The number of hydrogen-bond donors (Lipinski definition) is 1. The summed E-state index contributed by atoms with van der Waals surface area (Å²) in [6.45, 7) is 4.44. The molecule has 0 fully saturated rings. The fourth-order valence-electron chi connectivity index (χ4n) is 2.39. The summed E-state index contributed by atoms with van der Waals surface area (Å²) in [4.78, 5) is 13.0. The number of rotatable bonds is 5. The van der Waals surface area contributed by atoms with Crippen LogP contribution in [0.25, 0.3) is 0 Å². The van der Waals surface area contributed by atoms with Crippen LogP contribution in [0.15, 0.2) is 47.8 Å². The lowest BCUT2D eigenvalue weighted by atomic mass is 10.1. The maximum atomic E-state index is 12.4. The average molecular weight is 406 g/mol.